The second-order valence-electron chi connectivity index (χ2n) is 8.84. The van der Waals surface area contributed by atoms with Gasteiger partial charge in [-0.1, -0.05) is 72.8 Å². The summed E-state index contributed by atoms with van der Waals surface area (Å²) in [4.78, 5) is 2.59. The van der Waals surface area contributed by atoms with Crippen molar-refractivity contribution in [3.8, 4) is 11.1 Å². The third kappa shape index (κ3) is 3.50. The van der Waals surface area contributed by atoms with E-state index in [0.29, 0.717) is 6.04 Å². The van der Waals surface area contributed by atoms with Crippen molar-refractivity contribution >= 4 is 12.4 Å². The molecule has 0 unspecified atom stereocenters. The molecule has 1 N–H and O–H groups in total. The van der Waals surface area contributed by atoms with Crippen molar-refractivity contribution in [2.24, 2.45) is 0 Å². The van der Waals surface area contributed by atoms with Crippen LogP contribution in [0.15, 0.2) is 72.8 Å². The molecule has 1 spiro atoms. The van der Waals surface area contributed by atoms with Gasteiger partial charge in [-0.3, -0.25) is 0 Å². The molecule has 4 heteroatoms. The van der Waals surface area contributed by atoms with E-state index in [9.17, 15) is 0 Å². The molecule has 1 aliphatic carbocycles. The second-order valence-corrected chi connectivity index (χ2v) is 8.84. The number of hydrogen-bond donors (Lipinski definition) is 1. The number of benzene rings is 3. The lowest BCUT2D eigenvalue weighted by atomic mass is 9.84. The number of nitrogens with zero attached hydrogens (tertiary/aromatic N) is 1. The molecule has 0 amide bonds. The van der Waals surface area contributed by atoms with Gasteiger partial charge in [0.2, 0.25) is 0 Å². The first kappa shape index (κ1) is 20.7. The van der Waals surface area contributed by atoms with Gasteiger partial charge in [-0.25, -0.2) is 0 Å². The molecule has 6 rings (SSSR count). The smallest absolute Gasteiger partial charge is 0.0963 e. The Kier molecular flexibility index (Phi) is 5.61. The van der Waals surface area contributed by atoms with E-state index < -0.39 is 0 Å². The highest BCUT2D eigenvalue weighted by atomic mass is 35.5. The molecule has 1 fully saturated rings. The zero-order chi connectivity index (χ0) is 20.0. The van der Waals surface area contributed by atoms with Crippen molar-refractivity contribution in [1.29, 1.82) is 0 Å². The van der Waals surface area contributed by atoms with Crippen molar-refractivity contribution in [3.05, 3.63) is 95.1 Å². The van der Waals surface area contributed by atoms with Gasteiger partial charge < -0.3 is 15.0 Å². The van der Waals surface area contributed by atoms with Gasteiger partial charge in [0.25, 0.3) is 0 Å². The molecule has 2 heterocycles. The third-order valence-electron chi connectivity index (χ3n) is 7.29. The molecule has 3 aromatic rings. The number of ether oxygens (including phenoxy) is 1. The van der Waals surface area contributed by atoms with Crippen LogP contribution >= 0.6 is 12.4 Å². The monoisotopic (exact) mass is 432 g/mol. The summed E-state index contributed by atoms with van der Waals surface area (Å²) in [5.74, 6) is 0. The lowest BCUT2D eigenvalue weighted by Gasteiger charge is -2.39. The normalized spacial score (nSPS) is 19.0. The van der Waals surface area contributed by atoms with Crippen LogP contribution in [0.3, 0.4) is 0 Å². The van der Waals surface area contributed by atoms with E-state index in [4.69, 9.17) is 4.74 Å². The molecular weight excluding hydrogens is 404 g/mol. The highest BCUT2D eigenvalue weighted by molar-refractivity contribution is 5.85. The predicted molar refractivity (Wildman–Crippen MR) is 128 cm³/mol. The Balaban J connectivity index is 0.00000204. The van der Waals surface area contributed by atoms with Gasteiger partial charge in [-0.2, -0.15) is 0 Å². The summed E-state index contributed by atoms with van der Waals surface area (Å²) in [6.07, 6.45) is 2.19. The van der Waals surface area contributed by atoms with Gasteiger partial charge in [-0.15, -0.1) is 12.4 Å². The highest BCUT2D eigenvalue weighted by Crippen LogP contribution is 2.44. The summed E-state index contributed by atoms with van der Waals surface area (Å²) < 4.78 is 6.32. The Bertz CT molecular complexity index is 1030. The van der Waals surface area contributed by atoms with Crippen LogP contribution in [0.1, 0.15) is 41.1 Å². The Morgan fingerprint density at radius 3 is 2.16 bits per heavy atom. The van der Waals surface area contributed by atoms with Crippen LogP contribution in [0.2, 0.25) is 0 Å². The number of rotatable bonds is 4. The highest BCUT2D eigenvalue weighted by Gasteiger charge is 2.42. The zero-order valence-corrected chi connectivity index (χ0v) is 18.5. The van der Waals surface area contributed by atoms with E-state index in [1.807, 2.05) is 0 Å². The lowest BCUT2D eigenvalue weighted by Crippen LogP contribution is -2.44. The average Bonchev–Trinajstić information content (AvgIpc) is 3.32. The van der Waals surface area contributed by atoms with Gasteiger partial charge in [0, 0.05) is 26.2 Å². The maximum absolute atomic E-state index is 6.32. The maximum Gasteiger partial charge on any atom is 0.0963 e. The minimum absolute atomic E-state index is 0. The molecule has 0 bridgehead atoms. The average molecular weight is 433 g/mol. The van der Waals surface area contributed by atoms with Crippen molar-refractivity contribution in [3.63, 3.8) is 0 Å². The van der Waals surface area contributed by atoms with Crippen LogP contribution < -0.4 is 5.32 Å². The molecular formula is C27H29ClN2O. The molecule has 0 radical (unpaired) electrons. The molecule has 1 saturated heterocycles. The number of hydrogen-bond acceptors (Lipinski definition) is 3. The fourth-order valence-electron chi connectivity index (χ4n) is 5.68. The summed E-state index contributed by atoms with van der Waals surface area (Å²) in [7, 11) is 0. The first-order valence-corrected chi connectivity index (χ1v) is 11.2. The van der Waals surface area contributed by atoms with E-state index in [0.717, 1.165) is 45.6 Å². The van der Waals surface area contributed by atoms with Gasteiger partial charge in [0.05, 0.1) is 18.2 Å². The van der Waals surface area contributed by atoms with E-state index in [1.54, 1.807) is 0 Å². The Morgan fingerprint density at radius 1 is 0.839 bits per heavy atom. The largest absolute Gasteiger partial charge is 0.365 e. The first-order valence-electron chi connectivity index (χ1n) is 11.2. The number of likely N-dealkylation sites (tertiary alicyclic amines) is 1. The Hall–Kier alpha value is -2.17. The fourth-order valence-corrected chi connectivity index (χ4v) is 5.68. The Morgan fingerprint density at radius 2 is 1.45 bits per heavy atom. The molecule has 3 aromatic carbocycles. The minimum Gasteiger partial charge on any atom is -0.365 e. The summed E-state index contributed by atoms with van der Waals surface area (Å²) in [5, 5.41) is 3.85. The van der Waals surface area contributed by atoms with Gasteiger partial charge in [0.1, 0.15) is 0 Å². The van der Waals surface area contributed by atoms with Crippen LogP contribution in [-0.2, 0) is 16.9 Å². The molecule has 3 aliphatic rings. The van der Waals surface area contributed by atoms with Gasteiger partial charge in [0.15, 0.2) is 0 Å². The van der Waals surface area contributed by atoms with Crippen molar-refractivity contribution in [2.45, 2.75) is 31.1 Å². The van der Waals surface area contributed by atoms with Crippen LogP contribution in [0.25, 0.3) is 11.1 Å². The lowest BCUT2D eigenvalue weighted by molar-refractivity contribution is -0.0785. The van der Waals surface area contributed by atoms with Crippen LogP contribution in [0, 0.1) is 0 Å². The van der Waals surface area contributed by atoms with E-state index in [2.05, 4.69) is 83.0 Å². The summed E-state index contributed by atoms with van der Waals surface area (Å²) in [5.41, 5.74) is 8.35. The number of halogens is 1. The van der Waals surface area contributed by atoms with Crippen LogP contribution in [0.5, 0.6) is 0 Å². The van der Waals surface area contributed by atoms with Crippen molar-refractivity contribution in [1.82, 2.24) is 10.2 Å². The third-order valence-corrected chi connectivity index (χ3v) is 7.29. The quantitative estimate of drug-likeness (QED) is 0.606. The van der Waals surface area contributed by atoms with Crippen molar-refractivity contribution in [2.75, 3.05) is 26.2 Å². The van der Waals surface area contributed by atoms with Gasteiger partial charge >= 0.3 is 0 Å². The molecule has 0 atom stereocenters. The van der Waals surface area contributed by atoms with Crippen LogP contribution in [0.4, 0.5) is 0 Å². The van der Waals surface area contributed by atoms with Gasteiger partial charge in [-0.05, 0) is 46.2 Å². The van der Waals surface area contributed by atoms with Crippen LogP contribution in [-0.4, -0.2) is 31.1 Å². The van der Waals surface area contributed by atoms with E-state index in [1.165, 1.54) is 33.4 Å². The Labute approximate surface area is 190 Å². The van der Waals surface area contributed by atoms with Crippen molar-refractivity contribution < 1.29 is 4.74 Å². The zero-order valence-electron chi connectivity index (χ0n) is 17.7. The van der Waals surface area contributed by atoms with E-state index in [-0.39, 0.29) is 18.0 Å². The molecule has 0 saturated carbocycles. The number of nitrogens with one attached hydrogen (secondary N) is 1. The SMILES string of the molecule is Cl.c1ccc2c(c1)COC21CCN(CCNC2c3ccccc3-c3ccccc32)CC1. The molecule has 160 valence electrons. The molecule has 31 heavy (non-hydrogen) atoms. The second kappa shape index (κ2) is 8.40. The topological polar surface area (TPSA) is 24.5 Å². The standard InChI is InChI=1S/C27H28N2O.ClH/c1-6-12-25-20(7-1)19-30-27(25)13-16-29(17-14-27)18-15-28-26-23-10-4-2-8-21(23)22-9-3-5-11-24(22)26;/h1-12,26,28H,13-19H2;1H. The summed E-state index contributed by atoms with van der Waals surface area (Å²) >= 11 is 0. The predicted octanol–water partition coefficient (Wildman–Crippen LogP) is 5.29. The van der Waals surface area contributed by atoms with E-state index >= 15 is 0 Å². The molecule has 2 aliphatic heterocycles. The maximum atomic E-state index is 6.32. The molecule has 0 aromatic heterocycles. The summed E-state index contributed by atoms with van der Waals surface area (Å²) in [6.45, 7) is 5.07. The molecule has 3 nitrogen and oxygen atoms in total. The fraction of sp³-hybridized carbons (Fsp3) is 0.333. The number of piperidine rings is 1. The number of fused-ring (bicyclic) bond motifs is 5. The first-order chi connectivity index (χ1) is 14.8. The summed E-state index contributed by atoms with van der Waals surface area (Å²) in [6, 6.07) is 26.7. The minimum atomic E-state index is -0.0378.